The summed E-state index contributed by atoms with van der Waals surface area (Å²) in [7, 11) is 1.89. The number of aromatic nitrogens is 4. The number of anilines is 1. The lowest BCUT2D eigenvalue weighted by Gasteiger charge is -2.35. The third kappa shape index (κ3) is 3.16. The number of thiophene rings is 1. The van der Waals surface area contributed by atoms with Crippen molar-refractivity contribution < 1.29 is 4.79 Å². The minimum absolute atomic E-state index is 0.205. The van der Waals surface area contributed by atoms with Crippen LogP contribution in [0.25, 0.3) is 11.0 Å². The summed E-state index contributed by atoms with van der Waals surface area (Å²) >= 11 is 1.70. The molecule has 4 rings (SSSR count). The zero-order valence-corrected chi connectivity index (χ0v) is 16.1. The first-order chi connectivity index (χ1) is 12.5. The zero-order valence-electron chi connectivity index (χ0n) is 15.3. The number of carbonyl (C=O) groups excluding carboxylic acids is 1. The molecule has 1 aliphatic rings. The van der Waals surface area contributed by atoms with Crippen LogP contribution in [-0.4, -0.2) is 56.7 Å². The van der Waals surface area contributed by atoms with E-state index in [0.717, 1.165) is 40.6 Å². The van der Waals surface area contributed by atoms with E-state index in [1.165, 1.54) is 4.88 Å². The molecule has 1 aliphatic heterocycles. The van der Waals surface area contributed by atoms with E-state index in [1.807, 2.05) is 25.1 Å². The van der Waals surface area contributed by atoms with Crippen LogP contribution in [0, 0.1) is 13.8 Å². The number of rotatable bonds is 3. The molecule has 26 heavy (non-hydrogen) atoms. The number of nitrogens with zero attached hydrogens (tertiary/aromatic N) is 6. The van der Waals surface area contributed by atoms with E-state index in [4.69, 9.17) is 0 Å². The highest BCUT2D eigenvalue weighted by molar-refractivity contribution is 7.12. The van der Waals surface area contributed by atoms with E-state index < -0.39 is 0 Å². The Kier molecular flexibility index (Phi) is 4.36. The van der Waals surface area contributed by atoms with Gasteiger partial charge in [0.1, 0.15) is 11.6 Å². The molecular formula is C18H22N6OS. The highest BCUT2D eigenvalue weighted by Gasteiger charge is 2.24. The summed E-state index contributed by atoms with van der Waals surface area (Å²) < 4.78 is 1.77. The van der Waals surface area contributed by atoms with Gasteiger partial charge in [0.05, 0.1) is 18.0 Å². The maximum Gasteiger partial charge on any atom is 0.227 e. The molecule has 136 valence electrons. The van der Waals surface area contributed by atoms with Gasteiger partial charge < -0.3 is 9.80 Å². The zero-order chi connectivity index (χ0) is 18.3. The Balaban J connectivity index is 1.46. The van der Waals surface area contributed by atoms with Gasteiger partial charge in [-0.15, -0.1) is 11.3 Å². The van der Waals surface area contributed by atoms with Crippen molar-refractivity contribution in [1.29, 1.82) is 0 Å². The Hall–Kier alpha value is -2.48. The molecule has 1 saturated heterocycles. The van der Waals surface area contributed by atoms with Crippen LogP contribution in [0.15, 0.2) is 18.3 Å². The first kappa shape index (κ1) is 17.0. The Morgan fingerprint density at radius 1 is 1.15 bits per heavy atom. The quantitative estimate of drug-likeness (QED) is 0.705. The Morgan fingerprint density at radius 3 is 2.62 bits per heavy atom. The Morgan fingerprint density at radius 2 is 1.92 bits per heavy atom. The van der Waals surface area contributed by atoms with Gasteiger partial charge in [0.2, 0.25) is 5.91 Å². The van der Waals surface area contributed by atoms with E-state index in [9.17, 15) is 4.79 Å². The predicted molar refractivity (Wildman–Crippen MR) is 103 cm³/mol. The van der Waals surface area contributed by atoms with E-state index in [1.54, 1.807) is 16.0 Å². The van der Waals surface area contributed by atoms with Crippen molar-refractivity contribution >= 4 is 34.1 Å². The van der Waals surface area contributed by atoms with Gasteiger partial charge >= 0.3 is 0 Å². The van der Waals surface area contributed by atoms with E-state index in [0.29, 0.717) is 19.5 Å². The minimum Gasteiger partial charge on any atom is -0.352 e. The lowest BCUT2D eigenvalue weighted by molar-refractivity contribution is -0.130. The summed E-state index contributed by atoms with van der Waals surface area (Å²) in [5.41, 5.74) is 0.846. The number of piperazine rings is 1. The van der Waals surface area contributed by atoms with Crippen LogP contribution < -0.4 is 4.90 Å². The van der Waals surface area contributed by atoms with Crippen LogP contribution in [0.2, 0.25) is 0 Å². The average Bonchev–Trinajstić information content (AvgIpc) is 3.20. The molecule has 7 nitrogen and oxygen atoms in total. The van der Waals surface area contributed by atoms with Crippen LogP contribution in [-0.2, 0) is 18.3 Å². The molecule has 0 saturated carbocycles. The number of hydrogen-bond donors (Lipinski definition) is 0. The van der Waals surface area contributed by atoms with Crippen molar-refractivity contribution in [2.75, 3.05) is 31.1 Å². The molecule has 0 radical (unpaired) electrons. The molecule has 3 aromatic heterocycles. The average molecular weight is 370 g/mol. The number of fused-ring (bicyclic) bond motifs is 1. The maximum atomic E-state index is 12.6. The predicted octanol–water partition coefficient (Wildman–Crippen LogP) is 1.93. The van der Waals surface area contributed by atoms with Gasteiger partial charge in [-0.2, -0.15) is 5.10 Å². The highest BCUT2D eigenvalue weighted by Crippen LogP contribution is 2.24. The Bertz CT molecular complexity index is 954. The van der Waals surface area contributed by atoms with Crippen molar-refractivity contribution in [3.8, 4) is 0 Å². The standard InChI is InChI=1S/C18H22N6OS/c1-12-4-5-14(26-12)10-16(25)23-6-8-24(9-7-23)18-15-11-19-22(3)17(15)20-13(2)21-18/h4-5,11H,6-10H2,1-3H3. The summed E-state index contributed by atoms with van der Waals surface area (Å²) in [6.07, 6.45) is 2.32. The molecule has 0 atom stereocenters. The van der Waals surface area contributed by atoms with Crippen LogP contribution in [0.3, 0.4) is 0 Å². The van der Waals surface area contributed by atoms with Crippen molar-refractivity contribution in [2.45, 2.75) is 20.3 Å². The number of carbonyl (C=O) groups is 1. The van der Waals surface area contributed by atoms with Gasteiger partial charge in [0.15, 0.2) is 5.65 Å². The lowest BCUT2D eigenvalue weighted by Crippen LogP contribution is -2.49. The summed E-state index contributed by atoms with van der Waals surface area (Å²) in [6, 6.07) is 4.12. The second kappa shape index (κ2) is 6.68. The van der Waals surface area contributed by atoms with Crippen LogP contribution in [0.1, 0.15) is 15.6 Å². The fourth-order valence-electron chi connectivity index (χ4n) is 3.36. The second-order valence-corrected chi connectivity index (χ2v) is 8.03. The summed E-state index contributed by atoms with van der Waals surface area (Å²) in [6.45, 7) is 6.95. The van der Waals surface area contributed by atoms with Crippen LogP contribution >= 0.6 is 11.3 Å². The van der Waals surface area contributed by atoms with Gasteiger partial charge in [-0.05, 0) is 26.0 Å². The molecular weight excluding hydrogens is 348 g/mol. The third-order valence-electron chi connectivity index (χ3n) is 4.74. The summed E-state index contributed by atoms with van der Waals surface area (Å²) in [5.74, 6) is 1.86. The van der Waals surface area contributed by atoms with Gasteiger partial charge in [-0.25, -0.2) is 9.97 Å². The smallest absolute Gasteiger partial charge is 0.227 e. The monoisotopic (exact) mass is 370 g/mol. The van der Waals surface area contributed by atoms with Crippen molar-refractivity contribution in [1.82, 2.24) is 24.6 Å². The van der Waals surface area contributed by atoms with E-state index >= 15 is 0 Å². The molecule has 0 aliphatic carbocycles. The largest absolute Gasteiger partial charge is 0.352 e. The molecule has 0 spiro atoms. The first-order valence-electron chi connectivity index (χ1n) is 8.75. The number of hydrogen-bond acceptors (Lipinski definition) is 6. The van der Waals surface area contributed by atoms with Gasteiger partial charge in [0, 0.05) is 43.0 Å². The fourth-order valence-corrected chi connectivity index (χ4v) is 4.24. The molecule has 1 amide bonds. The maximum absolute atomic E-state index is 12.6. The molecule has 8 heteroatoms. The van der Waals surface area contributed by atoms with Gasteiger partial charge in [0.25, 0.3) is 0 Å². The molecule has 0 N–H and O–H groups in total. The molecule has 0 bridgehead atoms. The van der Waals surface area contributed by atoms with Gasteiger partial charge in [-0.3, -0.25) is 9.48 Å². The van der Waals surface area contributed by atoms with E-state index in [-0.39, 0.29) is 5.91 Å². The molecule has 4 heterocycles. The van der Waals surface area contributed by atoms with Crippen molar-refractivity contribution in [3.63, 3.8) is 0 Å². The topological polar surface area (TPSA) is 67.2 Å². The van der Waals surface area contributed by atoms with E-state index in [2.05, 4.69) is 39.0 Å². The fraction of sp³-hybridized carbons (Fsp3) is 0.444. The van der Waals surface area contributed by atoms with Gasteiger partial charge in [-0.1, -0.05) is 0 Å². The lowest BCUT2D eigenvalue weighted by atomic mass is 10.2. The van der Waals surface area contributed by atoms with Crippen LogP contribution in [0.4, 0.5) is 5.82 Å². The normalized spacial score (nSPS) is 15.0. The molecule has 3 aromatic rings. The second-order valence-electron chi connectivity index (χ2n) is 6.66. The SMILES string of the molecule is Cc1nc(N2CCN(C(=O)Cc3ccc(C)s3)CC2)c2cnn(C)c2n1. The highest BCUT2D eigenvalue weighted by atomic mass is 32.1. The van der Waals surface area contributed by atoms with Crippen molar-refractivity contribution in [2.24, 2.45) is 7.05 Å². The minimum atomic E-state index is 0.205. The Labute approximate surface area is 156 Å². The van der Waals surface area contributed by atoms with Crippen molar-refractivity contribution in [3.05, 3.63) is 33.9 Å². The summed E-state index contributed by atoms with van der Waals surface area (Å²) in [4.78, 5) is 28.3. The summed E-state index contributed by atoms with van der Waals surface area (Å²) in [5, 5.41) is 5.27. The van der Waals surface area contributed by atoms with Crippen LogP contribution in [0.5, 0.6) is 0 Å². The molecule has 0 unspecified atom stereocenters. The molecule has 1 fully saturated rings. The third-order valence-corrected chi connectivity index (χ3v) is 5.74. The first-order valence-corrected chi connectivity index (χ1v) is 9.57. The number of aryl methyl sites for hydroxylation is 3. The molecule has 0 aromatic carbocycles. The number of amides is 1.